The smallest absolute Gasteiger partial charge is 0.331 e. The number of carbonyl (C=O) groups is 1. The molecule has 0 aromatic rings. The monoisotopic (exact) mass is 254 g/mol. The summed E-state index contributed by atoms with van der Waals surface area (Å²) < 4.78 is 6.58. The van der Waals surface area contributed by atoms with E-state index in [-0.39, 0.29) is 11.6 Å². The maximum Gasteiger partial charge on any atom is 0.331 e. The topological polar surface area (TPSA) is 26.3 Å². The van der Waals surface area contributed by atoms with E-state index < -0.39 is 0 Å². The van der Waals surface area contributed by atoms with E-state index in [0.717, 1.165) is 0 Å². The molecule has 0 unspecified atom stereocenters. The lowest BCUT2D eigenvalue weighted by atomic mass is 10.2. The second kappa shape index (κ2) is 3.95. The van der Waals surface area contributed by atoms with Crippen LogP contribution in [0.3, 0.4) is 0 Å². The lowest BCUT2D eigenvalue weighted by Crippen LogP contribution is -2.22. The Morgan fingerprint density at radius 1 is 1.50 bits per heavy atom. The molecule has 0 heterocycles. The fraction of sp³-hybridized carbons (Fsp3) is 0.571. The number of hydrogen-bond donors (Lipinski definition) is 0. The average molecular weight is 254 g/mol. The van der Waals surface area contributed by atoms with Gasteiger partial charge in [0.05, 0.1) is 0 Å². The van der Waals surface area contributed by atoms with Gasteiger partial charge in [0, 0.05) is 6.08 Å². The average Bonchev–Trinajstić information content (AvgIpc) is 1.59. The lowest BCUT2D eigenvalue weighted by Gasteiger charge is -2.17. The van der Waals surface area contributed by atoms with Crippen molar-refractivity contribution in [2.45, 2.75) is 26.4 Å². The summed E-state index contributed by atoms with van der Waals surface area (Å²) in [6.07, 6.45) is 1.39. The van der Waals surface area contributed by atoms with Crippen molar-refractivity contribution in [3.63, 3.8) is 0 Å². The molecule has 3 heteroatoms. The van der Waals surface area contributed by atoms with Gasteiger partial charge >= 0.3 is 5.97 Å². The normalized spacial score (nSPS) is 12.0. The Bertz CT molecular complexity index is 144. The highest BCUT2D eigenvalue weighted by Crippen LogP contribution is 2.07. The van der Waals surface area contributed by atoms with Crippen molar-refractivity contribution < 1.29 is 9.53 Å². The quantitative estimate of drug-likeness (QED) is 0.407. The molecule has 0 aromatic carbocycles. The molecule has 0 spiro atoms. The highest BCUT2D eigenvalue weighted by Gasteiger charge is 2.13. The first kappa shape index (κ1) is 9.94. The second-order valence-corrected chi connectivity index (χ2v) is 3.55. The van der Waals surface area contributed by atoms with Crippen LogP contribution in [-0.4, -0.2) is 11.6 Å². The highest BCUT2D eigenvalue weighted by atomic mass is 127. The number of esters is 1. The van der Waals surface area contributed by atoms with Crippen LogP contribution >= 0.6 is 22.6 Å². The van der Waals surface area contributed by atoms with Crippen molar-refractivity contribution in [1.82, 2.24) is 0 Å². The van der Waals surface area contributed by atoms with E-state index >= 15 is 0 Å². The van der Waals surface area contributed by atoms with Crippen molar-refractivity contribution >= 4 is 28.6 Å². The highest BCUT2D eigenvalue weighted by molar-refractivity contribution is 14.1. The van der Waals surface area contributed by atoms with Crippen LogP contribution in [0.15, 0.2) is 10.2 Å². The zero-order chi connectivity index (χ0) is 8.20. The Labute approximate surface area is 74.8 Å². The molecule has 0 atom stereocenters. The maximum absolute atomic E-state index is 10.7. The van der Waals surface area contributed by atoms with Gasteiger partial charge in [-0.3, -0.25) is 0 Å². The first-order chi connectivity index (χ1) is 4.45. The molecule has 0 saturated heterocycles. The molecule has 10 heavy (non-hydrogen) atoms. The molecular weight excluding hydrogens is 243 g/mol. The fourth-order valence-electron chi connectivity index (χ4n) is 0.387. The van der Waals surface area contributed by atoms with Gasteiger partial charge in [-0.2, -0.15) is 0 Å². The van der Waals surface area contributed by atoms with E-state index in [1.807, 2.05) is 43.4 Å². The minimum absolute atomic E-state index is 0.290. The van der Waals surface area contributed by atoms with Crippen LogP contribution in [0, 0.1) is 0 Å². The summed E-state index contributed by atoms with van der Waals surface area (Å²) in [7, 11) is 0. The van der Waals surface area contributed by atoms with Crippen LogP contribution in [0.4, 0.5) is 0 Å². The summed E-state index contributed by atoms with van der Waals surface area (Å²) in [6, 6.07) is 0. The predicted octanol–water partition coefficient (Wildman–Crippen LogP) is 2.28. The van der Waals surface area contributed by atoms with Crippen molar-refractivity contribution in [2.24, 2.45) is 0 Å². The minimum atomic E-state index is -0.382. The molecule has 0 saturated carbocycles. The van der Waals surface area contributed by atoms with Crippen LogP contribution in [0.5, 0.6) is 0 Å². The van der Waals surface area contributed by atoms with Crippen molar-refractivity contribution in [3.8, 4) is 0 Å². The van der Waals surface area contributed by atoms with Crippen LogP contribution in [0.25, 0.3) is 0 Å². The third-order valence-corrected chi connectivity index (χ3v) is 0.965. The molecule has 0 fully saturated rings. The predicted molar refractivity (Wildman–Crippen MR) is 49.0 cm³/mol. The van der Waals surface area contributed by atoms with Gasteiger partial charge in [0.25, 0.3) is 0 Å². The maximum atomic E-state index is 10.7. The first-order valence-electron chi connectivity index (χ1n) is 2.95. The minimum Gasteiger partial charge on any atom is -0.457 e. The molecule has 0 rings (SSSR count). The Balaban J connectivity index is 3.81. The van der Waals surface area contributed by atoms with E-state index in [2.05, 4.69) is 0 Å². The lowest BCUT2D eigenvalue weighted by molar-refractivity contribution is -0.148. The van der Waals surface area contributed by atoms with Gasteiger partial charge < -0.3 is 4.74 Å². The van der Waals surface area contributed by atoms with Crippen LogP contribution < -0.4 is 0 Å². The fourth-order valence-corrected chi connectivity index (χ4v) is 0.681. The molecule has 0 radical (unpaired) electrons. The van der Waals surface area contributed by atoms with Gasteiger partial charge in [-0.05, 0) is 24.9 Å². The van der Waals surface area contributed by atoms with E-state index in [4.69, 9.17) is 4.74 Å². The van der Waals surface area contributed by atoms with Crippen LogP contribution in [-0.2, 0) is 9.53 Å². The second-order valence-electron chi connectivity index (χ2n) is 2.83. The van der Waals surface area contributed by atoms with Crippen LogP contribution in [0.1, 0.15) is 20.8 Å². The van der Waals surface area contributed by atoms with Crippen molar-refractivity contribution in [2.75, 3.05) is 0 Å². The van der Waals surface area contributed by atoms with E-state index in [9.17, 15) is 4.79 Å². The molecule has 0 amide bonds. The standard InChI is InChI=1S/C7H11IO2/c1-7(2,3)10-6(9)4-5-8/h4-5H,1-3H3. The largest absolute Gasteiger partial charge is 0.457 e. The first-order valence-corrected chi connectivity index (χ1v) is 4.20. The van der Waals surface area contributed by atoms with Gasteiger partial charge in [0.15, 0.2) is 0 Å². The number of hydrogen-bond acceptors (Lipinski definition) is 2. The van der Waals surface area contributed by atoms with Gasteiger partial charge in [0.1, 0.15) is 5.60 Å². The number of carbonyl (C=O) groups excluding carboxylic acids is 1. The summed E-state index contributed by atoms with van der Waals surface area (Å²) in [6.45, 7) is 5.52. The number of rotatable bonds is 1. The molecule has 0 aliphatic rings. The zero-order valence-electron chi connectivity index (χ0n) is 6.35. The molecule has 0 N–H and O–H groups in total. The molecule has 58 valence electrons. The molecule has 0 aliphatic carbocycles. The molecule has 2 nitrogen and oxygen atoms in total. The number of halogens is 1. The van der Waals surface area contributed by atoms with Crippen molar-refractivity contribution in [3.05, 3.63) is 10.2 Å². The summed E-state index contributed by atoms with van der Waals surface area (Å²) in [5.74, 6) is -0.290. The SMILES string of the molecule is CC(C)(C)OC(=O)C=CI. The Morgan fingerprint density at radius 3 is 2.30 bits per heavy atom. The molecular formula is C7H11IO2. The van der Waals surface area contributed by atoms with Crippen LogP contribution in [0.2, 0.25) is 0 Å². The van der Waals surface area contributed by atoms with Gasteiger partial charge in [0.2, 0.25) is 0 Å². The summed E-state index contributed by atoms with van der Waals surface area (Å²) in [5, 5.41) is 0. The van der Waals surface area contributed by atoms with E-state index in [0.29, 0.717) is 0 Å². The van der Waals surface area contributed by atoms with Gasteiger partial charge in [-0.25, -0.2) is 4.79 Å². The Kier molecular flexibility index (Phi) is 3.93. The Morgan fingerprint density at radius 2 is 2.00 bits per heavy atom. The molecule has 0 aliphatic heterocycles. The third-order valence-electron chi connectivity index (χ3n) is 0.606. The van der Waals surface area contributed by atoms with Gasteiger partial charge in [-0.1, -0.05) is 22.6 Å². The van der Waals surface area contributed by atoms with E-state index in [1.54, 1.807) is 4.08 Å². The number of ether oxygens (including phenoxy) is 1. The molecule has 0 bridgehead atoms. The Hall–Kier alpha value is -0.0600. The zero-order valence-corrected chi connectivity index (χ0v) is 8.51. The summed E-state index contributed by atoms with van der Waals surface area (Å²) in [4.78, 5) is 10.7. The van der Waals surface area contributed by atoms with E-state index in [1.165, 1.54) is 6.08 Å². The molecule has 0 aromatic heterocycles. The van der Waals surface area contributed by atoms with Gasteiger partial charge in [-0.15, -0.1) is 0 Å². The summed E-state index contributed by atoms with van der Waals surface area (Å²) in [5.41, 5.74) is -0.382. The summed E-state index contributed by atoms with van der Waals surface area (Å²) >= 11 is 1.97. The third kappa shape index (κ3) is 6.07. The van der Waals surface area contributed by atoms with Crippen molar-refractivity contribution in [1.29, 1.82) is 0 Å².